The van der Waals surface area contributed by atoms with Crippen LogP contribution in [0.3, 0.4) is 0 Å². The summed E-state index contributed by atoms with van der Waals surface area (Å²) in [7, 11) is 0. The molecule has 154 valence electrons. The van der Waals surface area contributed by atoms with Crippen LogP contribution in [-0.2, 0) is 12.8 Å². The molecule has 3 aromatic carbocycles. The van der Waals surface area contributed by atoms with Crippen molar-refractivity contribution in [2.24, 2.45) is 10.2 Å². The number of aromatic amines is 1. The number of nitrogens with one attached hydrogen (secondary N) is 1. The Morgan fingerprint density at radius 1 is 1.03 bits per heavy atom. The maximum atomic E-state index is 13.3. The molecule has 0 atom stereocenters. The smallest absolute Gasteiger partial charge is 0.360 e. The number of carbonyl (C=O) groups excluding carboxylic acids is 1. The van der Waals surface area contributed by atoms with Gasteiger partial charge in [0.2, 0.25) is 10.0 Å². The molecule has 1 aromatic heterocycles. The summed E-state index contributed by atoms with van der Waals surface area (Å²) in [6.45, 7) is 0.367. The summed E-state index contributed by atoms with van der Waals surface area (Å²) in [6, 6.07) is 18.6. The topological polar surface area (TPSA) is 91.9 Å². The van der Waals surface area contributed by atoms with Crippen LogP contribution in [0.2, 0.25) is 0 Å². The zero-order valence-electron chi connectivity index (χ0n) is 16.6. The summed E-state index contributed by atoms with van der Waals surface area (Å²) < 4.78 is 13.3. The van der Waals surface area contributed by atoms with Gasteiger partial charge in [0.05, 0.1) is 0 Å². The first-order valence-corrected chi connectivity index (χ1v) is 9.83. The zero-order chi connectivity index (χ0) is 21.6. The van der Waals surface area contributed by atoms with E-state index in [-0.39, 0.29) is 11.6 Å². The fourth-order valence-electron chi connectivity index (χ4n) is 3.37. The molecule has 2 N–H and O–H groups in total. The first-order chi connectivity index (χ1) is 15.1. The second-order valence-corrected chi connectivity index (χ2v) is 7.16. The highest BCUT2D eigenvalue weighted by atomic mass is 19.1. The number of aromatic hydroxyl groups is 1. The molecule has 6 nitrogen and oxygen atoms in total. The molecule has 0 radical (unpaired) electrons. The number of phenols is 1. The lowest BCUT2D eigenvalue weighted by Crippen LogP contribution is -1.96. The normalized spacial score (nSPS) is 10.6. The zero-order valence-corrected chi connectivity index (χ0v) is 16.6. The minimum absolute atomic E-state index is 0.206. The van der Waals surface area contributed by atoms with Crippen LogP contribution < -0.4 is 4.91 Å². The van der Waals surface area contributed by atoms with Crippen LogP contribution in [0.5, 0.6) is 5.75 Å². The van der Waals surface area contributed by atoms with Gasteiger partial charge in [-0.2, -0.15) is 0 Å². The van der Waals surface area contributed by atoms with Crippen molar-refractivity contribution in [3.05, 3.63) is 101 Å². The van der Waals surface area contributed by atoms with Gasteiger partial charge in [0, 0.05) is 29.1 Å². The van der Waals surface area contributed by atoms with Crippen molar-refractivity contribution in [3.8, 4) is 5.75 Å². The average molecular weight is 415 g/mol. The molecule has 0 fully saturated rings. The van der Waals surface area contributed by atoms with Crippen molar-refractivity contribution < 1.29 is 14.3 Å². The lowest BCUT2D eigenvalue weighted by Gasteiger charge is -2.02. The lowest BCUT2D eigenvalue weighted by atomic mass is 10.0. The van der Waals surface area contributed by atoms with E-state index in [2.05, 4.69) is 20.1 Å². The Bertz CT molecular complexity index is 1290. The largest absolute Gasteiger partial charge is 0.508 e. The maximum absolute atomic E-state index is 13.3. The summed E-state index contributed by atoms with van der Waals surface area (Å²) in [6.07, 6.45) is 3.05. The monoisotopic (exact) mass is 415 g/mol. The first-order valence-electron chi connectivity index (χ1n) is 9.83. The Hall–Kier alpha value is -4.09. The van der Waals surface area contributed by atoms with Gasteiger partial charge in [-0.1, -0.05) is 24.3 Å². The molecule has 0 saturated heterocycles. The van der Waals surface area contributed by atoms with Crippen LogP contribution in [0.15, 0.2) is 83.2 Å². The third kappa shape index (κ3) is 5.10. The summed E-state index contributed by atoms with van der Waals surface area (Å²) in [5, 5.41) is 18.1. The Morgan fingerprint density at radius 2 is 1.87 bits per heavy atom. The predicted octanol–water partition coefficient (Wildman–Crippen LogP) is 4.96. The maximum Gasteiger partial charge on any atom is 0.360 e. The van der Waals surface area contributed by atoms with Crippen molar-refractivity contribution in [2.45, 2.75) is 12.8 Å². The second-order valence-electron chi connectivity index (χ2n) is 7.16. The molecule has 7 heteroatoms. The molecular formula is C24H20FN4O2+. The van der Waals surface area contributed by atoms with Gasteiger partial charge in [-0.05, 0) is 65.6 Å². The highest BCUT2D eigenvalue weighted by Crippen LogP contribution is 2.23. The Morgan fingerprint density at radius 3 is 2.68 bits per heavy atom. The number of hydrogen-bond donors (Lipinski definition) is 2. The quantitative estimate of drug-likeness (QED) is 0.344. The molecule has 4 rings (SSSR count). The van der Waals surface area contributed by atoms with E-state index in [1.165, 1.54) is 12.1 Å². The molecular weight excluding hydrogens is 395 g/mol. The molecule has 1 amide bonds. The van der Waals surface area contributed by atoms with Gasteiger partial charge >= 0.3 is 5.91 Å². The third-order valence-electron chi connectivity index (χ3n) is 4.93. The fourth-order valence-corrected chi connectivity index (χ4v) is 3.37. The summed E-state index contributed by atoms with van der Waals surface area (Å²) in [5.41, 5.74) is 4.18. The first kappa shape index (κ1) is 20.2. The van der Waals surface area contributed by atoms with E-state index in [0.717, 1.165) is 27.6 Å². The number of H-pyrrole nitrogens is 1. The van der Waals surface area contributed by atoms with Crippen molar-refractivity contribution >= 4 is 16.8 Å². The number of amides is 1. The van der Waals surface area contributed by atoms with Gasteiger partial charge < -0.3 is 10.1 Å². The fraction of sp³-hybridized carbons (Fsp3) is 0.125. The van der Waals surface area contributed by atoms with Crippen molar-refractivity contribution in [2.75, 3.05) is 6.54 Å². The highest BCUT2D eigenvalue weighted by Gasteiger charge is 2.10. The third-order valence-corrected chi connectivity index (χ3v) is 4.93. The van der Waals surface area contributed by atoms with E-state index >= 15 is 0 Å². The van der Waals surface area contributed by atoms with E-state index in [9.17, 15) is 14.3 Å². The SMILES string of the molecule is O=C(N=[N+]=NCCc1c[nH]c2ccc(O)cc12)c1ccc(Cc2cccc(F)c2)cc1. The van der Waals surface area contributed by atoms with Gasteiger partial charge in [-0.3, -0.25) is 4.79 Å². The van der Waals surface area contributed by atoms with Crippen LogP contribution in [0.1, 0.15) is 27.0 Å². The van der Waals surface area contributed by atoms with Crippen LogP contribution in [0, 0.1) is 5.82 Å². The lowest BCUT2D eigenvalue weighted by molar-refractivity contribution is 0.0992. The van der Waals surface area contributed by atoms with Gasteiger partial charge in [0.25, 0.3) is 0 Å². The van der Waals surface area contributed by atoms with Crippen LogP contribution in [-0.4, -0.2) is 22.5 Å². The Labute approximate surface area is 177 Å². The van der Waals surface area contributed by atoms with E-state index in [4.69, 9.17) is 0 Å². The predicted molar refractivity (Wildman–Crippen MR) is 116 cm³/mol. The van der Waals surface area contributed by atoms with Crippen molar-refractivity contribution in [1.82, 2.24) is 9.90 Å². The molecule has 31 heavy (non-hydrogen) atoms. The number of halogens is 1. The average Bonchev–Trinajstić information content (AvgIpc) is 3.16. The van der Waals surface area contributed by atoms with E-state index < -0.39 is 5.91 Å². The summed E-state index contributed by atoms with van der Waals surface area (Å²) >= 11 is 0. The molecule has 0 unspecified atom stereocenters. The number of carbonyl (C=O) groups is 1. The molecule has 0 spiro atoms. The van der Waals surface area contributed by atoms with E-state index in [1.807, 2.05) is 30.5 Å². The van der Waals surface area contributed by atoms with E-state index in [1.54, 1.807) is 30.3 Å². The minimum Gasteiger partial charge on any atom is -0.508 e. The van der Waals surface area contributed by atoms with Gasteiger partial charge in [-0.15, -0.1) is 0 Å². The molecule has 0 aliphatic carbocycles. The summed E-state index contributed by atoms with van der Waals surface area (Å²) in [4.78, 5) is 18.9. The molecule has 0 bridgehead atoms. The Kier molecular flexibility index (Phi) is 5.96. The number of aromatic nitrogens is 1. The molecule has 0 saturated carbocycles. The van der Waals surface area contributed by atoms with Crippen LogP contribution >= 0.6 is 0 Å². The van der Waals surface area contributed by atoms with Crippen molar-refractivity contribution in [1.29, 1.82) is 0 Å². The number of rotatable bonds is 6. The molecule has 4 aromatic rings. The van der Waals surface area contributed by atoms with Gasteiger partial charge in [0.1, 0.15) is 23.2 Å². The molecule has 1 heterocycles. The van der Waals surface area contributed by atoms with E-state index in [0.29, 0.717) is 24.9 Å². The Balaban J connectivity index is 1.34. The molecule has 0 aliphatic rings. The van der Waals surface area contributed by atoms with Gasteiger partial charge in [-0.25, -0.2) is 4.39 Å². The van der Waals surface area contributed by atoms with Crippen LogP contribution in [0.4, 0.5) is 4.39 Å². The second kappa shape index (κ2) is 9.15. The minimum atomic E-state index is -0.474. The number of fused-ring (bicyclic) bond motifs is 1. The van der Waals surface area contributed by atoms with Crippen LogP contribution in [0.25, 0.3) is 10.9 Å². The number of nitrogens with zero attached hydrogens (tertiary/aromatic N) is 3. The number of benzene rings is 3. The molecule has 0 aliphatic heterocycles. The highest BCUT2D eigenvalue weighted by molar-refractivity contribution is 5.94. The van der Waals surface area contributed by atoms with Crippen molar-refractivity contribution in [3.63, 3.8) is 0 Å². The standard InChI is InChI=1S/C24H19FN4O2/c25-20-3-1-2-17(13-20)12-16-4-6-18(7-5-16)24(31)28-29-27-11-10-19-15-26-23-9-8-21(30)14-22(19)23/h1-9,13-15H,10-12H2,(H,27,28,31)/p+1. The van der Waals surface area contributed by atoms with Gasteiger partial charge in [0.15, 0.2) is 0 Å². The summed E-state index contributed by atoms with van der Waals surface area (Å²) in [5.74, 6) is -0.535. The number of phenolic OH excluding ortho intramolecular Hbond substituents is 1. The number of hydrogen-bond acceptors (Lipinski definition) is 3.